The smallest absolute Gasteiger partial charge is 0.343 e. The second kappa shape index (κ2) is 9.65. The molecule has 2 aromatic rings. The Balaban J connectivity index is 2.06. The molecule has 8 nitrogen and oxygen atoms in total. The van der Waals surface area contributed by atoms with Gasteiger partial charge in [0.05, 0.1) is 32.2 Å². The number of anilines is 1. The van der Waals surface area contributed by atoms with Crippen LogP contribution < -0.4 is 20.1 Å². The summed E-state index contributed by atoms with van der Waals surface area (Å²) in [6.07, 6.45) is 0. The lowest BCUT2D eigenvalue weighted by molar-refractivity contribution is -0.137. The normalized spacial score (nSPS) is 12.7. The number of halogens is 1. The molecule has 1 heterocycles. The minimum absolute atomic E-state index is 0.0826. The number of hydrogen-bond acceptors (Lipinski definition) is 7. The first-order chi connectivity index (χ1) is 14.9. The zero-order valence-corrected chi connectivity index (χ0v) is 19.1. The lowest BCUT2D eigenvalue weighted by Gasteiger charge is -2.15. The predicted molar refractivity (Wildman–Crippen MR) is 121 cm³/mol. The number of carbonyl (C=O) groups excluding carboxylic acids is 2. The number of fused-ring (bicyclic) bond motifs is 1. The number of carbonyl (C=O) groups is 2. The van der Waals surface area contributed by atoms with Crippen LogP contribution >= 0.6 is 15.9 Å². The van der Waals surface area contributed by atoms with Gasteiger partial charge in [-0.15, -0.1) is 0 Å². The summed E-state index contributed by atoms with van der Waals surface area (Å²) in [5, 5.41) is 5.91. The second-order valence-electron chi connectivity index (χ2n) is 6.47. The molecule has 0 bridgehead atoms. The molecule has 1 aliphatic heterocycles. The Hall–Kier alpha value is -3.33. The quantitative estimate of drug-likeness (QED) is 0.613. The summed E-state index contributed by atoms with van der Waals surface area (Å²) < 4.78 is 16.4. The van der Waals surface area contributed by atoms with Crippen molar-refractivity contribution in [3.63, 3.8) is 0 Å². The fourth-order valence-electron chi connectivity index (χ4n) is 3.02. The number of esters is 1. The van der Waals surface area contributed by atoms with Gasteiger partial charge in [0, 0.05) is 11.3 Å². The van der Waals surface area contributed by atoms with Crippen molar-refractivity contribution in [3.8, 4) is 11.5 Å². The third-order valence-corrected chi connectivity index (χ3v) is 5.27. The van der Waals surface area contributed by atoms with Gasteiger partial charge in [-0.05, 0) is 54.0 Å². The number of nitrogens with one attached hydrogen (secondary N) is 2. The van der Waals surface area contributed by atoms with Crippen molar-refractivity contribution in [2.24, 2.45) is 4.99 Å². The Morgan fingerprint density at radius 1 is 1.13 bits per heavy atom. The second-order valence-corrected chi connectivity index (χ2v) is 7.26. The lowest BCUT2D eigenvalue weighted by atomic mass is 10.1. The van der Waals surface area contributed by atoms with Gasteiger partial charge in [0.2, 0.25) is 0 Å². The summed E-state index contributed by atoms with van der Waals surface area (Å²) >= 11 is 3.38. The van der Waals surface area contributed by atoms with E-state index >= 15 is 0 Å². The average Bonchev–Trinajstić information content (AvgIpc) is 2.89. The maximum absolute atomic E-state index is 13.1. The molecule has 0 spiro atoms. The van der Waals surface area contributed by atoms with Crippen LogP contribution in [0.15, 0.2) is 57.1 Å². The van der Waals surface area contributed by atoms with E-state index in [-0.39, 0.29) is 23.6 Å². The zero-order chi connectivity index (χ0) is 22.5. The monoisotopic (exact) mass is 487 g/mol. The number of amidine groups is 1. The fraction of sp³-hybridized carbons (Fsp3) is 0.227. The summed E-state index contributed by atoms with van der Waals surface area (Å²) in [7, 11) is 2.98. The number of para-hydroxylation sites is 2. The van der Waals surface area contributed by atoms with E-state index in [4.69, 9.17) is 14.2 Å². The van der Waals surface area contributed by atoms with E-state index in [1.807, 2.05) is 18.2 Å². The molecule has 0 aromatic heterocycles. The van der Waals surface area contributed by atoms with Crippen molar-refractivity contribution in [3.05, 3.63) is 57.7 Å². The molecule has 0 unspecified atom stereocenters. The van der Waals surface area contributed by atoms with E-state index in [1.54, 1.807) is 32.0 Å². The Bertz CT molecular complexity index is 1070. The van der Waals surface area contributed by atoms with Gasteiger partial charge < -0.3 is 24.8 Å². The van der Waals surface area contributed by atoms with Gasteiger partial charge in [-0.2, -0.15) is 0 Å². The van der Waals surface area contributed by atoms with Gasteiger partial charge in [-0.1, -0.05) is 12.1 Å². The van der Waals surface area contributed by atoms with Crippen LogP contribution in [0.25, 0.3) is 0 Å². The van der Waals surface area contributed by atoms with E-state index in [0.717, 1.165) is 0 Å². The van der Waals surface area contributed by atoms with Gasteiger partial charge in [0.15, 0.2) is 0 Å². The predicted octanol–water partition coefficient (Wildman–Crippen LogP) is 4.19. The molecule has 0 atom stereocenters. The molecular formula is C22H22BrN3O5. The number of allylic oxidation sites excluding steroid dienone is 1. The standard InChI is InChI=1S/C22H22BrN3O5/c1-5-31-22(28)18-12(2)24-14-8-6-7-9-15(14)25-20(18)26-21(27)13-10-16(29-3)19(23)17(11-13)30-4/h6-11,24H,5H2,1-4H3,(H,25,26,27). The molecule has 31 heavy (non-hydrogen) atoms. The Kier molecular flexibility index (Phi) is 6.96. The van der Waals surface area contributed by atoms with Gasteiger partial charge in [-0.3, -0.25) is 4.79 Å². The van der Waals surface area contributed by atoms with Crippen LogP contribution in [0.3, 0.4) is 0 Å². The lowest BCUT2D eigenvalue weighted by Crippen LogP contribution is -2.35. The summed E-state index contributed by atoms with van der Waals surface area (Å²) in [6.45, 7) is 3.62. The average molecular weight is 488 g/mol. The molecule has 0 fully saturated rings. The van der Waals surface area contributed by atoms with Crippen LogP contribution in [-0.2, 0) is 9.53 Å². The number of nitrogens with zero attached hydrogens (tertiary/aromatic N) is 1. The number of hydrogen-bond donors (Lipinski definition) is 2. The molecule has 0 aliphatic carbocycles. The van der Waals surface area contributed by atoms with Crippen molar-refractivity contribution in [2.75, 3.05) is 26.1 Å². The minimum Gasteiger partial charge on any atom is -0.495 e. The van der Waals surface area contributed by atoms with Gasteiger partial charge in [0.25, 0.3) is 5.91 Å². The summed E-state index contributed by atoms with van der Waals surface area (Å²) in [4.78, 5) is 30.3. The number of ether oxygens (including phenoxy) is 3. The van der Waals surface area contributed by atoms with Crippen LogP contribution in [0.1, 0.15) is 24.2 Å². The van der Waals surface area contributed by atoms with Gasteiger partial charge >= 0.3 is 5.97 Å². The Morgan fingerprint density at radius 3 is 2.39 bits per heavy atom. The molecule has 0 radical (unpaired) electrons. The first-order valence-electron chi connectivity index (χ1n) is 9.45. The molecular weight excluding hydrogens is 466 g/mol. The fourth-order valence-corrected chi connectivity index (χ4v) is 3.57. The highest BCUT2D eigenvalue weighted by atomic mass is 79.9. The molecule has 3 rings (SSSR count). The van der Waals surface area contributed by atoms with Crippen molar-refractivity contribution >= 4 is 45.0 Å². The largest absolute Gasteiger partial charge is 0.495 e. The van der Waals surface area contributed by atoms with E-state index in [2.05, 4.69) is 31.6 Å². The van der Waals surface area contributed by atoms with E-state index in [9.17, 15) is 9.59 Å². The van der Waals surface area contributed by atoms with Crippen LogP contribution in [0.5, 0.6) is 11.5 Å². The van der Waals surface area contributed by atoms with Crippen molar-refractivity contribution in [1.29, 1.82) is 0 Å². The van der Waals surface area contributed by atoms with Crippen LogP contribution in [0.2, 0.25) is 0 Å². The number of benzene rings is 2. The summed E-state index contributed by atoms with van der Waals surface area (Å²) in [5.74, 6) is -0.144. The van der Waals surface area contributed by atoms with Crippen LogP contribution in [0.4, 0.5) is 11.4 Å². The number of amides is 1. The third-order valence-electron chi connectivity index (χ3n) is 4.49. The van der Waals surface area contributed by atoms with Crippen molar-refractivity contribution in [2.45, 2.75) is 13.8 Å². The molecule has 0 saturated carbocycles. The molecule has 2 N–H and O–H groups in total. The summed E-state index contributed by atoms with van der Waals surface area (Å²) in [5.41, 5.74) is 2.20. The van der Waals surface area contributed by atoms with Crippen LogP contribution in [0, 0.1) is 0 Å². The van der Waals surface area contributed by atoms with Crippen molar-refractivity contribution in [1.82, 2.24) is 5.32 Å². The molecule has 2 aromatic carbocycles. The molecule has 162 valence electrons. The topological polar surface area (TPSA) is 98.2 Å². The molecule has 1 amide bonds. The minimum atomic E-state index is -0.592. The zero-order valence-electron chi connectivity index (χ0n) is 17.5. The van der Waals surface area contributed by atoms with Gasteiger partial charge in [0.1, 0.15) is 27.4 Å². The highest BCUT2D eigenvalue weighted by molar-refractivity contribution is 9.10. The maximum Gasteiger partial charge on any atom is 0.343 e. The molecule has 9 heteroatoms. The van der Waals surface area contributed by atoms with Crippen molar-refractivity contribution < 1.29 is 23.8 Å². The van der Waals surface area contributed by atoms with Gasteiger partial charge in [-0.25, -0.2) is 9.79 Å². The molecule has 0 saturated heterocycles. The SMILES string of the molecule is CCOC(=O)C1=C(C)Nc2ccccc2N=C1NC(=O)c1cc(OC)c(Br)c(OC)c1. The van der Waals surface area contributed by atoms with E-state index in [1.165, 1.54) is 14.2 Å². The maximum atomic E-state index is 13.1. The van der Waals surface area contributed by atoms with Crippen LogP contribution in [-0.4, -0.2) is 38.5 Å². The summed E-state index contributed by atoms with van der Waals surface area (Å²) in [6, 6.07) is 10.4. The first-order valence-corrected chi connectivity index (χ1v) is 10.2. The third kappa shape index (κ3) is 4.72. The first kappa shape index (κ1) is 22.4. The highest BCUT2D eigenvalue weighted by Crippen LogP contribution is 2.36. The number of rotatable bonds is 5. The van der Waals surface area contributed by atoms with E-state index < -0.39 is 11.9 Å². The van der Waals surface area contributed by atoms with E-state index in [0.29, 0.717) is 33.0 Å². The Morgan fingerprint density at radius 2 is 1.77 bits per heavy atom. The Labute approximate surface area is 188 Å². The number of methoxy groups -OCH3 is 2. The highest BCUT2D eigenvalue weighted by Gasteiger charge is 2.27. The molecule has 1 aliphatic rings. The number of aliphatic imine (C=N–C) groups is 1.